The number of methoxy groups -OCH3 is 1. The van der Waals surface area contributed by atoms with Gasteiger partial charge in [0.25, 0.3) is 0 Å². The standard InChI is InChI=1S/C17H18BrFN4OS/c1-11-15(9-23(22-11)6-3-7-24-2)20-17-21-16(10-25-17)13-5-4-12(18)8-14(13)19/h4-5,8-10H,3,6-7H2,1-2H3,(H,20,21). The fourth-order valence-corrected chi connectivity index (χ4v) is 3.45. The second kappa shape index (κ2) is 8.07. The lowest BCUT2D eigenvalue weighted by Gasteiger charge is -2.01. The van der Waals surface area contributed by atoms with Crippen LogP contribution in [-0.2, 0) is 11.3 Å². The summed E-state index contributed by atoms with van der Waals surface area (Å²) in [6, 6.07) is 4.96. The molecule has 0 unspecified atom stereocenters. The van der Waals surface area contributed by atoms with Gasteiger partial charge in [-0.1, -0.05) is 15.9 Å². The number of hydrogen-bond acceptors (Lipinski definition) is 5. The van der Waals surface area contributed by atoms with Crippen molar-refractivity contribution >= 4 is 38.1 Å². The van der Waals surface area contributed by atoms with Crippen LogP contribution in [0.2, 0.25) is 0 Å². The number of nitrogens with zero attached hydrogens (tertiary/aromatic N) is 3. The third-order valence-corrected chi connectivity index (χ3v) is 4.89. The molecule has 0 saturated heterocycles. The predicted molar refractivity (Wildman–Crippen MR) is 102 cm³/mol. The molecule has 3 aromatic rings. The second-order valence-corrected chi connectivity index (χ2v) is 7.30. The SMILES string of the molecule is COCCCn1cc(Nc2nc(-c3ccc(Br)cc3F)cs2)c(C)n1. The van der Waals surface area contributed by atoms with Crippen LogP contribution in [0.1, 0.15) is 12.1 Å². The molecular weight excluding hydrogens is 407 g/mol. The summed E-state index contributed by atoms with van der Waals surface area (Å²) in [5, 5.41) is 10.3. The van der Waals surface area contributed by atoms with Crippen molar-refractivity contribution in [1.29, 1.82) is 0 Å². The highest BCUT2D eigenvalue weighted by atomic mass is 79.9. The zero-order valence-corrected chi connectivity index (χ0v) is 16.3. The van der Waals surface area contributed by atoms with E-state index in [1.807, 2.05) is 23.2 Å². The van der Waals surface area contributed by atoms with E-state index in [4.69, 9.17) is 4.74 Å². The molecule has 0 fully saturated rings. The Bertz CT molecular complexity index is 864. The van der Waals surface area contributed by atoms with Gasteiger partial charge in [-0.25, -0.2) is 9.37 Å². The quantitative estimate of drug-likeness (QED) is 0.542. The highest BCUT2D eigenvalue weighted by Crippen LogP contribution is 2.30. The molecule has 1 N–H and O–H groups in total. The van der Waals surface area contributed by atoms with Gasteiger partial charge in [-0.05, 0) is 31.5 Å². The maximum absolute atomic E-state index is 14.1. The van der Waals surface area contributed by atoms with Gasteiger partial charge in [-0.15, -0.1) is 11.3 Å². The van der Waals surface area contributed by atoms with Crippen molar-refractivity contribution in [3.05, 3.63) is 45.8 Å². The summed E-state index contributed by atoms with van der Waals surface area (Å²) in [5.74, 6) is -0.298. The van der Waals surface area contributed by atoms with Gasteiger partial charge in [-0.3, -0.25) is 4.68 Å². The average Bonchev–Trinajstić information content (AvgIpc) is 3.15. The summed E-state index contributed by atoms with van der Waals surface area (Å²) >= 11 is 4.70. The van der Waals surface area contributed by atoms with Crippen LogP contribution in [0.3, 0.4) is 0 Å². The summed E-state index contributed by atoms with van der Waals surface area (Å²) < 4.78 is 21.7. The first kappa shape index (κ1) is 18.0. The zero-order valence-electron chi connectivity index (χ0n) is 13.9. The molecule has 0 spiro atoms. The van der Waals surface area contributed by atoms with Gasteiger partial charge < -0.3 is 10.1 Å². The monoisotopic (exact) mass is 424 g/mol. The predicted octanol–water partition coefficient (Wildman–Crippen LogP) is 5.00. The van der Waals surface area contributed by atoms with Gasteiger partial charge in [0, 0.05) is 41.9 Å². The normalized spacial score (nSPS) is 11.0. The number of rotatable bonds is 7. The number of anilines is 2. The molecule has 0 aliphatic heterocycles. The van der Waals surface area contributed by atoms with Gasteiger partial charge >= 0.3 is 0 Å². The van der Waals surface area contributed by atoms with Crippen molar-refractivity contribution in [3.63, 3.8) is 0 Å². The molecule has 0 amide bonds. The molecule has 2 heterocycles. The van der Waals surface area contributed by atoms with E-state index in [-0.39, 0.29) is 5.82 Å². The summed E-state index contributed by atoms with van der Waals surface area (Å²) in [5.41, 5.74) is 2.89. The number of aryl methyl sites for hydroxylation is 2. The molecule has 5 nitrogen and oxygen atoms in total. The first-order valence-corrected chi connectivity index (χ1v) is 9.45. The maximum Gasteiger partial charge on any atom is 0.187 e. The first-order valence-electron chi connectivity index (χ1n) is 7.78. The average molecular weight is 425 g/mol. The summed E-state index contributed by atoms with van der Waals surface area (Å²) in [6.07, 6.45) is 2.85. The van der Waals surface area contributed by atoms with Gasteiger partial charge in [-0.2, -0.15) is 5.10 Å². The molecule has 0 atom stereocenters. The third kappa shape index (κ3) is 4.45. The Labute approximate surface area is 158 Å². The van der Waals surface area contributed by atoms with Crippen LogP contribution in [0.5, 0.6) is 0 Å². The van der Waals surface area contributed by atoms with Crippen molar-refractivity contribution in [3.8, 4) is 11.3 Å². The van der Waals surface area contributed by atoms with E-state index in [1.165, 1.54) is 17.4 Å². The van der Waals surface area contributed by atoms with Crippen LogP contribution in [0.15, 0.2) is 34.2 Å². The van der Waals surface area contributed by atoms with E-state index < -0.39 is 0 Å². The van der Waals surface area contributed by atoms with Crippen LogP contribution >= 0.6 is 27.3 Å². The van der Waals surface area contributed by atoms with Gasteiger partial charge in [0.2, 0.25) is 0 Å². The molecule has 25 heavy (non-hydrogen) atoms. The summed E-state index contributed by atoms with van der Waals surface area (Å²) in [6.45, 7) is 3.44. The summed E-state index contributed by atoms with van der Waals surface area (Å²) in [7, 11) is 1.69. The van der Waals surface area contributed by atoms with Gasteiger partial charge in [0.05, 0.1) is 17.1 Å². The lowest BCUT2D eigenvalue weighted by Crippen LogP contribution is -2.01. The van der Waals surface area contributed by atoms with E-state index in [1.54, 1.807) is 19.2 Å². The van der Waals surface area contributed by atoms with E-state index in [0.29, 0.717) is 27.5 Å². The number of thiazole rings is 1. The molecule has 0 radical (unpaired) electrons. The maximum atomic E-state index is 14.1. The Kier molecular flexibility index (Phi) is 5.82. The molecule has 132 valence electrons. The van der Waals surface area contributed by atoms with E-state index in [9.17, 15) is 4.39 Å². The zero-order chi connectivity index (χ0) is 17.8. The minimum atomic E-state index is -0.298. The molecule has 0 aliphatic rings. The highest BCUT2D eigenvalue weighted by Gasteiger charge is 2.12. The fourth-order valence-electron chi connectivity index (χ4n) is 2.39. The Morgan fingerprint density at radius 2 is 2.24 bits per heavy atom. The van der Waals surface area contributed by atoms with Crippen molar-refractivity contribution in [2.24, 2.45) is 0 Å². The number of hydrogen-bond donors (Lipinski definition) is 1. The van der Waals surface area contributed by atoms with Crippen LogP contribution in [0.4, 0.5) is 15.2 Å². The minimum absolute atomic E-state index is 0.298. The van der Waals surface area contributed by atoms with Gasteiger partial charge in [0.15, 0.2) is 5.13 Å². The minimum Gasteiger partial charge on any atom is -0.385 e. The first-order chi connectivity index (χ1) is 12.1. The Hall–Kier alpha value is -1.77. The van der Waals surface area contributed by atoms with Crippen molar-refractivity contribution in [2.45, 2.75) is 19.9 Å². The van der Waals surface area contributed by atoms with E-state index in [0.717, 1.165) is 24.3 Å². The number of ether oxygens (including phenoxy) is 1. The number of benzene rings is 1. The Balaban J connectivity index is 1.73. The molecular formula is C17H18BrFN4OS. The topological polar surface area (TPSA) is 52.0 Å². The van der Waals surface area contributed by atoms with Crippen LogP contribution < -0.4 is 5.32 Å². The number of nitrogens with one attached hydrogen (secondary N) is 1. The molecule has 1 aromatic carbocycles. The molecule has 2 aromatic heterocycles. The largest absolute Gasteiger partial charge is 0.385 e. The van der Waals surface area contributed by atoms with Crippen LogP contribution in [-0.4, -0.2) is 28.5 Å². The van der Waals surface area contributed by atoms with Crippen molar-refractivity contribution in [1.82, 2.24) is 14.8 Å². The van der Waals surface area contributed by atoms with E-state index in [2.05, 4.69) is 31.3 Å². The third-order valence-electron chi connectivity index (χ3n) is 3.63. The smallest absolute Gasteiger partial charge is 0.187 e. The Morgan fingerprint density at radius 3 is 3.00 bits per heavy atom. The molecule has 8 heteroatoms. The number of aromatic nitrogens is 3. The van der Waals surface area contributed by atoms with Crippen molar-refractivity contribution in [2.75, 3.05) is 19.0 Å². The Morgan fingerprint density at radius 1 is 1.40 bits per heavy atom. The highest BCUT2D eigenvalue weighted by molar-refractivity contribution is 9.10. The lowest BCUT2D eigenvalue weighted by molar-refractivity contribution is 0.189. The lowest BCUT2D eigenvalue weighted by atomic mass is 10.2. The van der Waals surface area contributed by atoms with E-state index >= 15 is 0 Å². The summed E-state index contributed by atoms with van der Waals surface area (Å²) in [4.78, 5) is 4.49. The van der Waals surface area contributed by atoms with Crippen molar-refractivity contribution < 1.29 is 9.13 Å². The van der Waals surface area contributed by atoms with Crippen LogP contribution in [0, 0.1) is 12.7 Å². The second-order valence-electron chi connectivity index (χ2n) is 5.52. The van der Waals surface area contributed by atoms with Crippen LogP contribution in [0.25, 0.3) is 11.3 Å². The fraction of sp³-hybridized carbons (Fsp3) is 0.294. The van der Waals surface area contributed by atoms with Gasteiger partial charge in [0.1, 0.15) is 5.82 Å². The molecule has 0 saturated carbocycles. The number of halogens is 2. The molecule has 3 rings (SSSR count). The molecule has 0 bridgehead atoms. The molecule has 0 aliphatic carbocycles.